The maximum absolute atomic E-state index is 13.4. The van der Waals surface area contributed by atoms with E-state index in [9.17, 15) is 9.59 Å². The number of amides is 2. The van der Waals surface area contributed by atoms with Gasteiger partial charge in [-0.1, -0.05) is 78.9 Å². The number of fused-ring (bicyclic) bond motifs is 1. The monoisotopic (exact) mass is 484 g/mol. The second kappa shape index (κ2) is 12.0. The molecule has 2 atom stereocenters. The zero-order valence-electron chi connectivity index (χ0n) is 20.6. The molecule has 0 aliphatic heterocycles. The molecule has 0 saturated carbocycles. The molecule has 0 aliphatic rings. The highest BCUT2D eigenvalue weighted by molar-refractivity contribution is 5.88. The molecule has 7 nitrogen and oxygen atoms in total. The van der Waals surface area contributed by atoms with Gasteiger partial charge in [-0.3, -0.25) is 4.79 Å². The van der Waals surface area contributed by atoms with Crippen LogP contribution < -0.4 is 10.6 Å². The van der Waals surface area contributed by atoms with Crippen molar-refractivity contribution >= 4 is 22.9 Å². The van der Waals surface area contributed by atoms with Crippen LogP contribution in [0.4, 0.5) is 4.79 Å². The van der Waals surface area contributed by atoms with Crippen LogP contribution in [0.1, 0.15) is 22.7 Å². The maximum atomic E-state index is 13.4. The molecule has 1 heterocycles. The molecular weight excluding hydrogens is 452 g/mol. The van der Waals surface area contributed by atoms with Gasteiger partial charge in [0.15, 0.2) is 0 Å². The molecule has 3 N–H and O–H groups in total. The van der Waals surface area contributed by atoms with E-state index in [4.69, 9.17) is 4.74 Å². The molecule has 0 spiro atoms. The highest BCUT2D eigenvalue weighted by Gasteiger charge is 2.25. The van der Waals surface area contributed by atoms with E-state index in [1.54, 1.807) is 0 Å². The van der Waals surface area contributed by atoms with Crippen LogP contribution in [0.3, 0.4) is 0 Å². The zero-order valence-corrected chi connectivity index (χ0v) is 20.6. The average Bonchev–Trinajstić information content (AvgIpc) is 3.31. The van der Waals surface area contributed by atoms with Gasteiger partial charge in [0.1, 0.15) is 12.6 Å². The SMILES string of the molecule is CN(C)C(CNC(=O)C(Cc1c[nH]c2ccccc12)NC(=O)OCc1ccccc1)c1ccccc1. The lowest BCUT2D eigenvalue weighted by Gasteiger charge is -2.26. The number of carbonyl (C=O) groups is 2. The Kier molecular flexibility index (Phi) is 8.36. The molecule has 2 unspecified atom stereocenters. The number of hydrogen-bond acceptors (Lipinski definition) is 4. The lowest BCUT2D eigenvalue weighted by molar-refractivity contribution is -0.123. The topological polar surface area (TPSA) is 86.5 Å². The molecule has 0 fully saturated rings. The van der Waals surface area contributed by atoms with Gasteiger partial charge < -0.3 is 25.3 Å². The predicted octanol–water partition coefficient (Wildman–Crippen LogP) is 4.42. The molecular formula is C29H32N4O3. The van der Waals surface area contributed by atoms with Crippen molar-refractivity contribution in [3.8, 4) is 0 Å². The Morgan fingerprint density at radius 2 is 1.58 bits per heavy atom. The summed E-state index contributed by atoms with van der Waals surface area (Å²) in [6, 6.07) is 26.6. The number of H-pyrrole nitrogens is 1. The van der Waals surface area contributed by atoms with Crippen molar-refractivity contribution in [1.29, 1.82) is 0 Å². The van der Waals surface area contributed by atoms with Gasteiger partial charge in [-0.25, -0.2) is 4.79 Å². The fourth-order valence-electron chi connectivity index (χ4n) is 4.23. The van der Waals surface area contributed by atoms with Crippen LogP contribution in [-0.2, 0) is 22.6 Å². The zero-order chi connectivity index (χ0) is 25.3. The molecule has 186 valence electrons. The third-order valence-electron chi connectivity index (χ3n) is 6.20. The van der Waals surface area contributed by atoms with Gasteiger partial charge in [-0.05, 0) is 36.9 Å². The molecule has 3 aromatic carbocycles. The van der Waals surface area contributed by atoms with Crippen molar-refractivity contribution in [3.63, 3.8) is 0 Å². The minimum absolute atomic E-state index is 0.00563. The van der Waals surface area contributed by atoms with E-state index in [2.05, 4.69) is 20.5 Å². The molecule has 4 aromatic rings. The van der Waals surface area contributed by atoms with Crippen LogP contribution in [0.15, 0.2) is 91.1 Å². The Hall–Kier alpha value is -4.10. The van der Waals surface area contributed by atoms with E-state index < -0.39 is 12.1 Å². The van der Waals surface area contributed by atoms with Gasteiger partial charge in [0.05, 0.1) is 6.04 Å². The van der Waals surface area contributed by atoms with Gasteiger partial charge in [-0.2, -0.15) is 0 Å². The number of carbonyl (C=O) groups excluding carboxylic acids is 2. The summed E-state index contributed by atoms with van der Waals surface area (Å²) in [5, 5.41) is 6.84. The van der Waals surface area contributed by atoms with Crippen molar-refractivity contribution in [1.82, 2.24) is 20.5 Å². The average molecular weight is 485 g/mol. The van der Waals surface area contributed by atoms with Crippen LogP contribution in [-0.4, -0.2) is 48.6 Å². The van der Waals surface area contributed by atoms with Gasteiger partial charge in [0, 0.05) is 30.1 Å². The summed E-state index contributed by atoms with van der Waals surface area (Å²) >= 11 is 0. The molecule has 0 saturated heterocycles. The molecule has 36 heavy (non-hydrogen) atoms. The number of rotatable bonds is 10. The van der Waals surface area contributed by atoms with Gasteiger partial charge >= 0.3 is 6.09 Å². The summed E-state index contributed by atoms with van der Waals surface area (Å²) in [5.41, 5.74) is 3.91. The second-order valence-electron chi connectivity index (χ2n) is 8.96. The number of benzene rings is 3. The summed E-state index contributed by atoms with van der Waals surface area (Å²) in [7, 11) is 3.96. The first-order chi connectivity index (χ1) is 17.5. The first-order valence-corrected chi connectivity index (χ1v) is 12.0. The number of aromatic amines is 1. The maximum Gasteiger partial charge on any atom is 0.408 e. The molecule has 0 bridgehead atoms. The van der Waals surface area contributed by atoms with Crippen LogP contribution in [0, 0.1) is 0 Å². The minimum Gasteiger partial charge on any atom is -0.445 e. The number of para-hydroxylation sites is 1. The lowest BCUT2D eigenvalue weighted by atomic mass is 10.0. The summed E-state index contributed by atoms with van der Waals surface area (Å²) in [6.45, 7) is 0.534. The Morgan fingerprint density at radius 3 is 2.31 bits per heavy atom. The number of hydrogen-bond donors (Lipinski definition) is 3. The van der Waals surface area contributed by atoms with Crippen LogP contribution >= 0.6 is 0 Å². The first kappa shape index (κ1) is 25.0. The lowest BCUT2D eigenvalue weighted by Crippen LogP contribution is -2.49. The Bertz CT molecular complexity index is 1270. The van der Waals surface area contributed by atoms with Gasteiger partial charge in [0.25, 0.3) is 0 Å². The fraction of sp³-hybridized carbons (Fsp3) is 0.241. The highest BCUT2D eigenvalue weighted by Crippen LogP contribution is 2.20. The van der Waals surface area contributed by atoms with Crippen LogP contribution in [0.5, 0.6) is 0 Å². The Labute approximate surface area is 211 Å². The normalized spacial score (nSPS) is 12.8. The van der Waals surface area contributed by atoms with E-state index in [1.807, 2.05) is 105 Å². The van der Waals surface area contributed by atoms with Crippen molar-refractivity contribution in [2.24, 2.45) is 0 Å². The third-order valence-corrected chi connectivity index (χ3v) is 6.20. The number of nitrogens with one attached hydrogen (secondary N) is 3. The van der Waals surface area contributed by atoms with E-state index in [1.165, 1.54) is 0 Å². The molecule has 4 rings (SSSR count). The quantitative estimate of drug-likeness (QED) is 0.311. The third kappa shape index (κ3) is 6.52. The highest BCUT2D eigenvalue weighted by atomic mass is 16.5. The van der Waals surface area contributed by atoms with Crippen LogP contribution in [0.2, 0.25) is 0 Å². The smallest absolute Gasteiger partial charge is 0.408 e. The van der Waals surface area contributed by atoms with Crippen molar-refractivity contribution < 1.29 is 14.3 Å². The van der Waals surface area contributed by atoms with E-state index >= 15 is 0 Å². The second-order valence-corrected chi connectivity index (χ2v) is 8.96. The number of nitrogens with zero attached hydrogens (tertiary/aromatic N) is 1. The standard InChI is InChI=1S/C29H32N4O3/c1-33(2)27(22-13-7-4-8-14-22)19-31-28(34)26(17-23-18-30-25-16-10-9-15-24(23)25)32-29(35)36-20-21-11-5-3-6-12-21/h3-16,18,26-27,30H,17,19-20H2,1-2H3,(H,31,34)(H,32,35). The van der Waals surface area contributed by atoms with E-state index in [0.717, 1.165) is 27.6 Å². The van der Waals surface area contributed by atoms with Crippen molar-refractivity contribution in [2.75, 3.05) is 20.6 Å². The van der Waals surface area contributed by atoms with Gasteiger partial charge in [-0.15, -0.1) is 0 Å². The van der Waals surface area contributed by atoms with E-state index in [-0.39, 0.29) is 18.6 Å². The Balaban J connectivity index is 1.47. The minimum atomic E-state index is -0.800. The number of ether oxygens (including phenoxy) is 1. The fourth-order valence-corrected chi connectivity index (χ4v) is 4.23. The molecule has 7 heteroatoms. The van der Waals surface area contributed by atoms with Crippen molar-refractivity contribution in [3.05, 3.63) is 108 Å². The first-order valence-electron chi connectivity index (χ1n) is 12.0. The summed E-state index contributed by atoms with van der Waals surface area (Å²) in [4.78, 5) is 31.3. The summed E-state index contributed by atoms with van der Waals surface area (Å²) in [5.74, 6) is -0.264. The number of alkyl carbamates (subject to hydrolysis) is 1. The summed E-state index contributed by atoms with van der Waals surface area (Å²) < 4.78 is 5.40. The number of aromatic nitrogens is 1. The predicted molar refractivity (Wildman–Crippen MR) is 141 cm³/mol. The largest absolute Gasteiger partial charge is 0.445 e. The molecule has 2 amide bonds. The number of likely N-dealkylation sites (N-methyl/N-ethyl adjacent to an activating group) is 1. The molecule has 0 radical (unpaired) electrons. The van der Waals surface area contributed by atoms with E-state index in [0.29, 0.717) is 13.0 Å². The summed E-state index contributed by atoms with van der Waals surface area (Å²) in [6.07, 6.45) is 1.58. The van der Waals surface area contributed by atoms with Crippen LogP contribution in [0.25, 0.3) is 10.9 Å². The van der Waals surface area contributed by atoms with Gasteiger partial charge in [0.2, 0.25) is 5.91 Å². The molecule has 1 aromatic heterocycles. The van der Waals surface area contributed by atoms with Crippen molar-refractivity contribution in [2.45, 2.75) is 25.1 Å². The molecule has 0 aliphatic carbocycles. The Morgan fingerprint density at radius 1 is 0.917 bits per heavy atom.